The molecule has 1 aliphatic rings. The average molecular weight is 491 g/mol. The Kier molecular flexibility index (Phi) is 6.36. The van der Waals surface area contributed by atoms with E-state index in [0.29, 0.717) is 31.9 Å². The lowest BCUT2D eigenvalue weighted by Crippen LogP contribution is -2.45. The molecule has 1 fully saturated rings. The molecule has 0 atom stereocenters. The molecule has 5 nitrogen and oxygen atoms in total. The van der Waals surface area contributed by atoms with Crippen LogP contribution in [0.3, 0.4) is 0 Å². The van der Waals surface area contributed by atoms with Crippen LogP contribution in [0.1, 0.15) is 15.9 Å². The molecule has 0 aliphatic carbocycles. The van der Waals surface area contributed by atoms with Gasteiger partial charge in [0.15, 0.2) is 0 Å². The number of nitrogens with zero attached hydrogens (tertiary/aromatic N) is 3. The average Bonchev–Trinajstić information content (AvgIpc) is 2.88. The number of alkyl halides is 3. The lowest BCUT2D eigenvalue weighted by Gasteiger charge is -2.35. The Morgan fingerprint density at radius 1 is 0.944 bits per heavy atom. The first kappa shape index (κ1) is 23.8. The maximum absolute atomic E-state index is 13.9. The Bertz CT molecular complexity index is 1390. The molecule has 2 heterocycles. The molecule has 184 valence electrons. The van der Waals surface area contributed by atoms with Crippen molar-refractivity contribution in [3.8, 4) is 11.1 Å². The van der Waals surface area contributed by atoms with Crippen molar-refractivity contribution in [1.29, 1.82) is 0 Å². The molecule has 0 bridgehead atoms. The second kappa shape index (κ2) is 9.62. The molecule has 1 aromatic heterocycles. The summed E-state index contributed by atoms with van der Waals surface area (Å²) in [6.45, 7) is 2.38. The number of anilines is 2. The minimum Gasteiger partial charge on any atom is -0.368 e. The van der Waals surface area contributed by atoms with E-state index in [0.717, 1.165) is 28.0 Å². The Balaban J connectivity index is 1.36. The molecule has 1 amide bonds. The van der Waals surface area contributed by atoms with Crippen LogP contribution in [0.2, 0.25) is 0 Å². The molecular weight excluding hydrogens is 465 g/mol. The topological polar surface area (TPSA) is 48.5 Å². The van der Waals surface area contributed by atoms with Crippen LogP contribution in [-0.2, 0) is 6.18 Å². The first-order chi connectivity index (χ1) is 17.3. The monoisotopic (exact) mass is 490 g/mol. The Hall–Kier alpha value is -3.91. The normalized spacial score (nSPS) is 14.7. The standard InChI is InChI=1S/C28H25F3N4O/c1-34-13-15-35(16-14-34)26-10-7-20(17-25(26)28(29,30)31)27(36)33-22-8-5-19(6-9-22)23-4-2-3-21-18-32-12-11-24(21)23/h2-12,17-18H,13-16H2,1H3,(H,33,36). The highest BCUT2D eigenvalue weighted by atomic mass is 19.4. The predicted molar refractivity (Wildman–Crippen MR) is 136 cm³/mol. The van der Waals surface area contributed by atoms with Gasteiger partial charge in [-0.05, 0) is 60.0 Å². The first-order valence-electron chi connectivity index (χ1n) is 11.7. The van der Waals surface area contributed by atoms with Crippen LogP contribution in [0, 0.1) is 0 Å². The van der Waals surface area contributed by atoms with E-state index >= 15 is 0 Å². The van der Waals surface area contributed by atoms with Crippen molar-refractivity contribution in [3.63, 3.8) is 0 Å². The summed E-state index contributed by atoms with van der Waals surface area (Å²) in [6, 6.07) is 19.0. The van der Waals surface area contributed by atoms with Crippen LogP contribution < -0.4 is 10.2 Å². The van der Waals surface area contributed by atoms with Crippen LogP contribution in [0.15, 0.2) is 79.1 Å². The number of likely N-dealkylation sites (N-methyl/N-ethyl adjacent to an activating group) is 1. The summed E-state index contributed by atoms with van der Waals surface area (Å²) in [5, 5.41) is 4.80. The van der Waals surface area contributed by atoms with Crippen molar-refractivity contribution in [2.45, 2.75) is 6.18 Å². The SMILES string of the molecule is CN1CCN(c2ccc(C(=O)Nc3ccc(-c4cccc5cnccc45)cc3)cc2C(F)(F)F)CC1. The fraction of sp³-hybridized carbons (Fsp3) is 0.214. The number of pyridine rings is 1. The van der Waals surface area contributed by atoms with Gasteiger partial charge in [-0.3, -0.25) is 9.78 Å². The number of carbonyl (C=O) groups excluding carboxylic acids is 1. The number of piperazine rings is 1. The number of halogens is 3. The molecule has 0 saturated carbocycles. The van der Waals surface area contributed by atoms with E-state index in [4.69, 9.17) is 0 Å². The lowest BCUT2D eigenvalue weighted by atomic mass is 9.99. The smallest absolute Gasteiger partial charge is 0.368 e. The number of amides is 1. The molecule has 4 aromatic rings. The Morgan fingerprint density at radius 2 is 1.69 bits per heavy atom. The fourth-order valence-electron chi connectivity index (χ4n) is 4.54. The fourth-order valence-corrected chi connectivity index (χ4v) is 4.54. The zero-order chi connectivity index (χ0) is 25.3. The van der Waals surface area contributed by atoms with Crippen LogP contribution in [-0.4, -0.2) is 49.0 Å². The summed E-state index contributed by atoms with van der Waals surface area (Å²) < 4.78 is 41.7. The van der Waals surface area contributed by atoms with Crippen LogP contribution in [0.4, 0.5) is 24.5 Å². The van der Waals surface area contributed by atoms with E-state index in [2.05, 4.69) is 15.2 Å². The molecule has 3 aromatic carbocycles. The number of nitrogens with one attached hydrogen (secondary N) is 1. The van der Waals surface area contributed by atoms with Crippen molar-refractivity contribution < 1.29 is 18.0 Å². The molecule has 8 heteroatoms. The van der Waals surface area contributed by atoms with Crippen molar-refractivity contribution in [1.82, 2.24) is 9.88 Å². The van der Waals surface area contributed by atoms with Crippen LogP contribution >= 0.6 is 0 Å². The highest BCUT2D eigenvalue weighted by Gasteiger charge is 2.36. The van der Waals surface area contributed by atoms with Gasteiger partial charge in [-0.2, -0.15) is 13.2 Å². The maximum atomic E-state index is 13.9. The summed E-state index contributed by atoms with van der Waals surface area (Å²) >= 11 is 0. The van der Waals surface area contributed by atoms with E-state index in [9.17, 15) is 18.0 Å². The van der Waals surface area contributed by atoms with Gasteiger partial charge in [0.25, 0.3) is 5.91 Å². The molecule has 0 spiro atoms. The number of benzene rings is 3. The number of rotatable bonds is 4. The molecule has 0 radical (unpaired) electrons. The third-order valence-corrected chi connectivity index (χ3v) is 6.54. The van der Waals surface area contributed by atoms with Gasteiger partial charge in [0.05, 0.1) is 5.56 Å². The first-order valence-corrected chi connectivity index (χ1v) is 11.7. The van der Waals surface area contributed by atoms with Gasteiger partial charge in [-0.25, -0.2) is 0 Å². The molecule has 0 unspecified atom stereocenters. The molecule has 1 saturated heterocycles. The molecule has 5 rings (SSSR count). The summed E-state index contributed by atoms with van der Waals surface area (Å²) in [6.07, 6.45) is -1.02. The molecule has 1 N–H and O–H groups in total. The number of hydrogen-bond donors (Lipinski definition) is 1. The van der Waals surface area contributed by atoms with Crippen molar-refractivity contribution in [2.24, 2.45) is 0 Å². The van der Waals surface area contributed by atoms with Gasteiger partial charge in [-0.1, -0.05) is 30.3 Å². The van der Waals surface area contributed by atoms with Crippen LogP contribution in [0.25, 0.3) is 21.9 Å². The number of aromatic nitrogens is 1. The minimum absolute atomic E-state index is 0.0363. The van der Waals surface area contributed by atoms with Gasteiger partial charge < -0.3 is 15.1 Å². The van der Waals surface area contributed by atoms with Gasteiger partial charge in [0.1, 0.15) is 0 Å². The highest BCUT2D eigenvalue weighted by molar-refractivity contribution is 6.05. The van der Waals surface area contributed by atoms with Gasteiger partial charge in [-0.15, -0.1) is 0 Å². The molecule has 36 heavy (non-hydrogen) atoms. The van der Waals surface area contributed by atoms with E-state index in [1.54, 1.807) is 29.4 Å². The highest BCUT2D eigenvalue weighted by Crippen LogP contribution is 2.38. The summed E-state index contributed by atoms with van der Waals surface area (Å²) in [4.78, 5) is 20.8. The van der Waals surface area contributed by atoms with E-state index in [1.165, 1.54) is 12.1 Å². The number of hydrogen-bond acceptors (Lipinski definition) is 4. The summed E-state index contributed by atoms with van der Waals surface area (Å²) in [7, 11) is 1.95. The summed E-state index contributed by atoms with van der Waals surface area (Å²) in [5.74, 6) is -0.589. The van der Waals surface area contributed by atoms with Gasteiger partial charge in [0, 0.05) is 60.9 Å². The number of carbonyl (C=O) groups is 1. The third-order valence-electron chi connectivity index (χ3n) is 6.54. The number of fused-ring (bicyclic) bond motifs is 1. The van der Waals surface area contributed by atoms with Crippen LogP contribution in [0.5, 0.6) is 0 Å². The Labute approximate surface area is 207 Å². The zero-order valence-corrected chi connectivity index (χ0v) is 19.7. The maximum Gasteiger partial charge on any atom is 0.418 e. The Morgan fingerprint density at radius 3 is 2.42 bits per heavy atom. The molecule has 1 aliphatic heterocycles. The lowest BCUT2D eigenvalue weighted by molar-refractivity contribution is -0.137. The third kappa shape index (κ3) is 4.90. The molecular formula is C28H25F3N4O. The largest absolute Gasteiger partial charge is 0.418 e. The minimum atomic E-state index is -4.56. The predicted octanol–water partition coefficient (Wildman–Crippen LogP) is 5.92. The van der Waals surface area contributed by atoms with Gasteiger partial charge >= 0.3 is 6.18 Å². The zero-order valence-electron chi connectivity index (χ0n) is 19.7. The van der Waals surface area contributed by atoms with Crippen molar-refractivity contribution in [2.75, 3.05) is 43.4 Å². The van der Waals surface area contributed by atoms with Gasteiger partial charge in [0.2, 0.25) is 0 Å². The summed E-state index contributed by atoms with van der Waals surface area (Å²) in [5.41, 5.74) is 1.78. The van der Waals surface area contributed by atoms with Crippen molar-refractivity contribution >= 4 is 28.1 Å². The second-order valence-electron chi connectivity index (χ2n) is 8.95. The van der Waals surface area contributed by atoms with E-state index < -0.39 is 17.6 Å². The van der Waals surface area contributed by atoms with Crippen molar-refractivity contribution in [3.05, 3.63) is 90.3 Å². The van der Waals surface area contributed by atoms with E-state index in [1.807, 2.05) is 43.4 Å². The van der Waals surface area contributed by atoms with E-state index in [-0.39, 0.29) is 11.3 Å². The quantitative estimate of drug-likeness (QED) is 0.386. The second-order valence-corrected chi connectivity index (χ2v) is 8.95.